The van der Waals surface area contributed by atoms with Crippen LogP contribution in [-0.2, 0) is 17.8 Å². The molecule has 1 atom stereocenters. The number of amides is 1. The Hall–Kier alpha value is -2.66. The first-order valence-electron chi connectivity index (χ1n) is 8.35. The van der Waals surface area contributed by atoms with Gasteiger partial charge in [0.05, 0.1) is 13.0 Å². The van der Waals surface area contributed by atoms with E-state index < -0.39 is 0 Å². The predicted molar refractivity (Wildman–Crippen MR) is 102 cm³/mol. The minimum atomic E-state index is -0.371. The second-order valence-corrected chi connectivity index (χ2v) is 6.95. The molecule has 0 aliphatic heterocycles. The Balaban J connectivity index is 1.77. The van der Waals surface area contributed by atoms with Crippen LogP contribution in [-0.4, -0.2) is 13.0 Å². The Morgan fingerprint density at radius 1 is 1.12 bits per heavy atom. The molecule has 1 unspecified atom stereocenters. The molecule has 1 N–H and O–H groups in total. The van der Waals surface area contributed by atoms with Crippen LogP contribution in [0.25, 0.3) is 0 Å². The van der Waals surface area contributed by atoms with Crippen LogP contribution < -0.4 is 10.1 Å². The molecule has 0 radical (unpaired) electrons. The molecule has 0 saturated heterocycles. The van der Waals surface area contributed by atoms with Crippen LogP contribution >= 0.6 is 11.3 Å². The summed E-state index contributed by atoms with van der Waals surface area (Å²) >= 11 is 1.61. The van der Waals surface area contributed by atoms with Gasteiger partial charge in [-0.15, -0.1) is 11.3 Å². The number of hydrogen-bond acceptors (Lipinski definition) is 3. The standard InChI is InChI=1S/C21H20FNO2S/c1-25-20-7-3-2-5-16(20)14-23-21(24)19(13-18-6-4-12-26-18)15-8-10-17(22)11-9-15/h2-12,19H,13-14H2,1H3,(H,23,24). The molecule has 0 bridgehead atoms. The fourth-order valence-corrected chi connectivity index (χ4v) is 3.59. The van der Waals surface area contributed by atoms with Crippen molar-refractivity contribution in [2.75, 3.05) is 7.11 Å². The Labute approximate surface area is 156 Å². The van der Waals surface area contributed by atoms with E-state index in [1.54, 1.807) is 30.6 Å². The average Bonchev–Trinajstić information content (AvgIpc) is 3.18. The first-order chi connectivity index (χ1) is 12.7. The molecule has 1 amide bonds. The van der Waals surface area contributed by atoms with E-state index in [0.29, 0.717) is 13.0 Å². The number of rotatable bonds is 7. The summed E-state index contributed by atoms with van der Waals surface area (Å²) in [6, 6.07) is 17.7. The van der Waals surface area contributed by atoms with Gasteiger partial charge in [-0.05, 0) is 41.6 Å². The largest absolute Gasteiger partial charge is 0.496 e. The molecule has 0 aliphatic carbocycles. The lowest BCUT2D eigenvalue weighted by Crippen LogP contribution is -2.30. The number of hydrogen-bond donors (Lipinski definition) is 1. The molecule has 5 heteroatoms. The Morgan fingerprint density at radius 2 is 1.88 bits per heavy atom. The number of thiophene rings is 1. The molecule has 3 rings (SSSR count). The summed E-state index contributed by atoms with van der Waals surface area (Å²) in [6.45, 7) is 0.380. The summed E-state index contributed by atoms with van der Waals surface area (Å²) in [4.78, 5) is 14.0. The summed E-state index contributed by atoms with van der Waals surface area (Å²) in [5.74, 6) is -0.0256. The first-order valence-corrected chi connectivity index (χ1v) is 9.23. The predicted octanol–water partition coefficient (Wildman–Crippen LogP) is 4.54. The maximum absolute atomic E-state index is 13.3. The fourth-order valence-electron chi connectivity index (χ4n) is 2.84. The average molecular weight is 369 g/mol. The maximum Gasteiger partial charge on any atom is 0.228 e. The van der Waals surface area contributed by atoms with Gasteiger partial charge in [-0.3, -0.25) is 4.79 Å². The number of halogens is 1. The van der Waals surface area contributed by atoms with Crippen molar-refractivity contribution in [3.63, 3.8) is 0 Å². The highest BCUT2D eigenvalue weighted by molar-refractivity contribution is 7.09. The zero-order chi connectivity index (χ0) is 18.4. The van der Waals surface area contributed by atoms with E-state index in [9.17, 15) is 9.18 Å². The second kappa shape index (κ2) is 8.63. The number of para-hydroxylation sites is 1. The van der Waals surface area contributed by atoms with Crippen LogP contribution in [0.4, 0.5) is 4.39 Å². The lowest BCUT2D eigenvalue weighted by Gasteiger charge is -2.17. The molecule has 3 nitrogen and oxygen atoms in total. The maximum atomic E-state index is 13.3. The Morgan fingerprint density at radius 3 is 2.58 bits per heavy atom. The zero-order valence-electron chi connectivity index (χ0n) is 14.4. The van der Waals surface area contributed by atoms with Gasteiger partial charge in [0.1, 0.15) is 11.6 Å². The molecule has 134 valence electrons. The van der Waals surface area contributed by atoms with Gasteiger partial charge in [0.15, 0.2) is 0 Å². The SMILES string of the molecule is COc1ccccc1CNC(=O)C(Cc1cccs1)c1ccc(F)cc1. The molecule has 0 aliphatic rings. The molecule has 1 heterocycles. The van der Waals surface area contributed by atoms with Gasteiger partial charge in [0, 0.05) is 17.0 Å². The van der Waals surface area contributed by atoms with E-state index in [4.69, 9.17) is 4.74 Å². The molecular formula is C21H20FNO2S. The quantitative estimate of drug-likeness (QED) is 0.664. The van der Waals surface area contributed by atoms with E-state index >= 15 is 0 Å². The third-order valence-corrected chi connectivity index (χ3v) is 5.12. The Kier molecular flexibility index (Phi) is 6.02. The molecule has 0 fully saturated rings. The van der Waals surface area contributed by atoms with E-state index in [2.05, 4.69) is 5.32 Å². The summed E-state index contributed by atoms with van der Waals surface area (Å²) in [5, 5.41) is 4.98. The third kappa shape index (κ3) is 4.49. The van der Waals surface area contributed by atoms with Gasteiger partial charge in [-0.25, -0.2) is 4.39 Å². The number of benzene rings is 2. The molecule has 26 heavy (non-hydrogen) atoms. The fraction of sp³-hybridized carbons (Fsp3) is 0.190. The monoisotopic (exact) mass is 369 g/mol. The molecule has 2 aromatic carbocycles. The van der Waals surface area contributed by atoms with Crippen molar-refractivity contribution in [1.29, 1.82) is 0 Å². The van der Waals surface area contributed by atoms with Crippen LogP contribution in [0, 0.1) is 5.82 Å². The zero-order valence-corrected chi connectivity index (χ0v) is 15.3. The van der Waals surface area contributed by atoms with Crippen molar-refractivity contribution in [2.24, 2.45) is 0 Å². The van der Waals surface area contributed by atoms with Crippen molar-refractivity contribution >= 4 is 17.2 Å². The molecular weight excluding hydrogens is 349 g/mol. The summed E-state index contributed by atoms with van der Waals surface area (Å²) in [5.41, 5.74) is 1.72. The molecule has 0 spiro atoms. The smallest absolute Gasteiger partial charge is 0.228 e. The number of methoxy groups -OCH3 is 1. The van der Waals surface area contributed by atoms with Gasteiger partial charge in [-0.1, -0.05) is 36.4 Å². The van der Waals surface area contributed by atoms with Gasteiger partial charge in [-0.2, -0.15) is 0 Å². The van der Waals surface area contributed by atoms with Gasteiger partial charge in [0.25, 0.3) is 0 Å². The number of nitrogens with one attached hydrogen (secondary N) is 1. The van der Waals surface area contributed by atoms with Crippen molar-refractivity contribution in [2.45, 2.75) is 18.9 Å². The highest BCUT2D eigenvalue weighted by atomic mass is 32.1. The minimum absolute atomic E-state index is 0.0871. The molecule has 0 saturated carbocycles. The molecule has 1 aromatic heterocycles. The molecule has 3 aromatic rings. The normalized spacial score (nSPS) is 11.8. The van der Waals surface area contributed by atoms with Crippen molar-refractivity contribution < 1.29 is 13.9 Å². The second-order valence-electron chi connectivity index (χ2n) is 5.92. The Bertz CT molecular complexity index is 847. The van der Waals surface area contributed by atoms with Gasteiger partial charge in [0.2, 0.25) is 5.91 Å². The lowest BCUT2D eigenvalue weighted by atomic mass is 9.94. The van der Waals surface area contributed by atoms with Crippen LogP contribution in [0.3, 0.4) is 0 Å². The van der Waals surface area contributed by atoms with E-state index in [1.165, 1.54) is 12.1 Å². The van der Waals surface area contributed by atoms with Gasteiger partial charge < -0.3 is 10.1 Å². The van der Waals surface area contributed by atoms with E-state index in [0.717, 1.165) is 21.8 Å². The first kappa shape index (κ1) is 18.1. The van der Waals surface area contributed by atoms with Crippen molar-refractivity contribution in [3.05, 3.63) is 87.9 Å². The summed E-state index contributed by atoms with van der Waals surface area (Å²) in [7, 11) is 1.61. The number of carbonyl (C=O) groups excluding carboxylic acids is 1. The number of carbonyl (C=O) groups is 1. The lowest BCUT2D eigenvalue weighted by molar-refractivity contribution is -0.122. The summed E-state index contributed by atoms with van der Waals surface area (Å²) in [6.07, 6.45) is 0.584. The van der Waals surface area contributed by atoms with Crippen molar-refractivity contribution in [3.8, 4) is 5.75 Å². The van der Waals surface area contributed by atoms with Crippen LogP contribution in [0.1, 0.15) is 21.9 Å². The van der Waals surface area contributed by atoms with Crippen LogP contribution in [0.5, 0.6) is 5.75 Å². The highest BCUT2D eigenvalue weighted by Gasteiger charge is 2.22. The third-order valence-electron chi connectivity index (χ3n) is 4.22. The van der Waals surface area contributed by atoms with Gasteiger partial charge >= 0.3 is 0 Å². The topological polar surface area (TPSA) is 38.3 Å². The number of ether oxygens (including phenoxy) is 1. The van der Waals surface area contributed by atoms with Crippen molar-refractivity contribution in [1.82, 2.24) is 5.32 Å². The van der Waals surface area contributed by atoms with Crippen LogP contribution in [0.15, 0.2) is 66.0 Å². The summed E-state index contributed by atoms with van der Waals surface area (Å²) < 4.78 is 18.6. The van der Waals surface area contributed by atoms with E-state index in [1.807, 2.05) is 41.8 Å². The highest BCUT2D eigenvalue weighted by Crippen LogP contribution is 2.25. The van der Waals surface area contributed by atoms with Crippen LogP contribution in [0.2, 0.25) is 0 Å². The van der Waals surface area contributed by atoms with E-state index in [-0.39, 0.29) is 17.6 Å². The minimum Gasteiger partial charge on any atom is -0.496 e.